The molecule has 1 nitrogen and oxygen atoms in total. The molecule has 0 spiro atoms. The highest BCUT2D eigenvalue weighted by Gasteiger charge is 2.44. The second kappa shape index (κ2) is 9.40. The number of halogens is 1. The molecule has 1 aliphatic carbocycles. The van der Waals surface area contributed by atoms with Gasteiger partial charge < -0.3 is 4.74 Å². The molecule has 5 atom stereocenters. The van der Waals surface area contributed by atoms with Crippen LogP contribution in [0.4, 0.5) is 0 Å². The van der Waals surface area contributed by atoms with Crippen molar-refractivity contribution in [3.8, 4) is 0 Å². The van der Waals surface area contributed by atoms with Crippen LogP contribution in [0.5, 0.6) is 0 Å². The van der Waals surface area contributed by atoms with Gasteiger partial charge in [-0.3, -0.25) is 0 Å². The van der Waals surface area contributed by atoms with Crippen LogP contribution in [0.2, 0.25) is 0 Å². The van der Waals surface area contributed by atoms with Crippen molar-refractivity contribution in [3.05, 3.63) is 0 Å². The molecule has 1 aliphatic heterocycles. The number of ether oxygens (including phenoxy) is 1. The Morgan fingerprint density at radius 1 is 0.905 bits per heavy atom. The zero-order valence-electron chi connectivity index (χ0n) is 14.2. The Kier molecular flexibility index (Phi) is 7.88. The number of rotatable bonds is 8. The van der Waals surface area contributed by atoms with E-state index in [2.05, 4.69) is 13.8 Å². The van der Waals surface area contributed by atoms with Gasteiger partial charge in [0.15, 0.2) is 0 Å². The first kappa shape index (κ1) is 17.6. The molecule has 1 saturated carbocycles. The number of unbranched alkanes of at least 4 members (excludes halogenated alkanes) is 4. The first-order valence-corrected chi connectivity index (χ1v) is 10.0. The van der Waals surface area contributed by atoms with Gasteiger partial charge in [-0.25, -0.2) is 0 Å². The lowest BCUT2D eigenvalue weighted by Gasteiger charge is -2.47. The van der Waals surface area contributed by atoms with E-state index >= 15 is 0 Å². The Morgan fingerprint density at radius 2 is 1.57 bits per heavy atom. The summed E-state index contributed by atoms with van der Waals surface area (Å²) in [6.45, 7) is 4.56. The van der Waals surface area contributed by atoms with Crippen LogP contribution in [0.3, 0.4) is 0 Å². The molecule has 2 aliphatic rings. The average molecular weight is 315 g/mol. The predicted octanol–water partition coefficient (Wildman–Crippen LogP) is 6.33. The molecule has 2 fully saturated rings. The first-order chi connectivity index (χ1) is 10.3. The first-order valence-electron chi connectivity index (χ1n) is 9.57. The average Bonchev–Trinajstić information content (AvgIpc) is 2.50. The smallest absolute Gasteiger partial charge is 0.0621 e. The summed E-state index contributed by atoms with van der Waals surface area (Å²) in [6, 6.07) is 0. The zero-order chi connectivity index (χ0) is 15.1. The summed E-state index contributed by atoms with van der Waals surface area (Å²) >= 11 is 6.96. The van der Waals surface area contributed by atoms with E-state index < -0.39 is 0 Å². The van der Waals surface area contributed by atoms with E-state index in [1.165, 1.54) is 77.0 Å². The number of alkyl halides is 1. The van der Waals surface area contributed by atoms with Gasteiger partial charge in [0.05, 0.1) is 12.2 Å². The van der Waals surface area contributed by atoms with Gasteiger partial charge in [-0.1, -0.05) is 65.2 Å². The zero-order valence-corrected chi connectivity index (χ0v) is 14.9. The van der Waals surface area contributed by atoms with Crippen molar-refractivity contribution < 1.29 is 4.74 Å². The van der Waals surface area contributed by atoms with Crippen LogP contribution in [0, 0.1) is 11.8 Å². The van der Waals surface area contributed by atoms with Crippen LogP contribution < -0.4 is 0 Å². The Morgan fingerprint density at radius 3 is 2.29 bits per heavy atom. The maximum absolute atomic E-state index is 6.96. The highest BCUT2D eigenvalue weighted by atomic mass is 35.5. The highest BCUT2D eigenvalue weighted by Crippen LogP contribution is 2.44. The Hall–Kier alpha value is 0.250. The van der Waals surface area contributed by atoms with Crippen LogP contribution in [-0.2, 0) is 4.74 Å². The third kappa shape index (κ3) is 4.86. The fourth-order valence-electron chi connectivity index (χ4n) is 4.36. The summed E-state index contributed by atoms with van der Waals surface area (Å²) in [5.41, 5.74) is 0. The molecule has 2 heteroatoms. The summed E-state index contributed by atoms with van der Waals surface area (Å²) < 4.78 is 6.57. The van der Waals surface area contributed by atoms with Crippen LogP contribution in [-0.4, -0.2) is 17.6 Å². The standard InChI is InChI=1S/C19H35ClO/c1-3-5-7-11-15-17(13-8-6-4-2)21-18-14-10-9-12-16(18)19(15)20/h15-19H,3-14H2,1-2H3/t15-,16+,17-,18+,19+/m1/s1. The van der Waals surface area contributed by atoms with Gasteiger partial charge in [-0.15, -0.1) is 11.6 Å². The largest absolute Gasteiger partial charge is 0.374 e. The van der Waals surface area contributed by atoms with E-state index in [0.717, 1.165) is 0 Å². The van der Waals surface area contributed by atoms with E-state index in [4.69, 9.17) is 16.3 Å². The van der Waals surface area contributed by atoms with Crippen LogP contribution in [0.25, 0.3) is 0 Å². The molecule has 0 unspecified atom stereocenters. The number of hydrogen-bond acceptors (Lipinski definition) is 1. The Balaban J connectivity index is 1.95. The molecule has 0 N–H and O–H groups in total. The molecule has 0 aromatic heterocycles. The molecular formula is C19H35ClO. The Labute approximate surface area is 137 Å². The van der Waals surface area contributed by atoms with Crippen molar-refractivity contribution in [2.75, 3.05) is 0 Å². The van der Waals surface area contributed by atoms with E-state index in [0.29, 0.717) is 29.4 Å². The van der Waals surface area contributed by atoms with Gasteiger partial charge in [-0.2, -0.15) is 0 Å². The van der Waals surface area contributed by atoms with E-state index in [9.17, 15) is 0 Å². The van der Waals surface area contributed by atoms with Crippen molar-refractivity contribution in [1.29, 1.82) is 0 Å². The molecule has 0 aromatic rings. The molecule has 1 heterocycles. The van der Waals surface area contributed by atoms with Crippen molar-refractivity contribution in [3.63, 3.8) is 0 Å². The molecular weight excluding hydrogens is 280 g/mol. The lowest BCUT2D eigenvalue weighted by Crippen LogP contribution is -2.49. The second-order valence-corrected chi connectivity index (χ2v) is 7.77. The maximum atomic E-state index is 6.96. The van der Waals surface area contributed by atoms with E-state index in [1.807, 2.05) is 0 Å². The summed E-state index contributed by atoms with van der Waals surface area (Å²) in [7, 11) is 0. The van der Waals surface area contributed by atoms with Gasteiger partial charge in [0.2, 0.25) is 0 Å². The van der Waals surface area contributed by atoms with E-state index in [1.54, 1.807) is 0 Å². The molecule has 124 valence electrons. The lowest BCUT2D eigenvalue weighted by molar-refractivity contribution is -0.131. The Bertz CT molecular complexity index is 281. The van der Waals surface area contributed by atoms with Crippen molar-refractivity contribution in [2.45, 2.75) is 108 Å². The number of hydrogen-bond donors (Lipinski definition) is 0. The van der Waals surface area contributed by atoms with Crippen LogP contribution >= 0.6 is 11.6 Å². The highest BCUT2D eigenvalue weighted by molar-refractivity contribution is 6.21. The van der Waals surface area contributed by atoms with Gasteiger partial charge in [0.25, 0.3) is 0 Å². The van der Waals surface area contributed by atoms with Crippen LogP contribution in [0.15, 0.2) is 0 Å². The van der Waals surface area contributed by atoms with Gasteiger partial charge >= 0.3 is 0 Å². The van der Waals surface area contributed by atoms with Crippen LogP contribution in [0.1, 0.15) is 90.9 Å². The number of fused-ring (bicyclic) bond motifs is 1. The van der Waals surface area contributed by atoms with Crippen molar-refractivity contribution >= 4 is 11.6 Å². The molecule has 0 aromatic carbocycles. The summed E-state index contributed by atoms with van der Waals surface area (Å²) in [5, 5.41) is 0.368. The minimum Gasteiger partial charge on any atom is -0.374 e. The van der Waals surface area contributed by atoms with Crippen molar-refractivity contribution in [1.82, 2.24) is 0 Å². The van der Waals surface area contributed by atoms with Crippen molar-refractivity contribution in [2.24, 2.45) is 11.8 Å². The third-order valence-corrected chi connectivity index (χ3v) is 6.28. The topological polar surface area (TPSA) is 9.23 Å². The summed E-state index contributed by atoms with van der Waals surface area (Å²) in [4.78, 5) is 0. The third-order valence-electron chi connectivity index (χ3n) is 5.63. The van der Waals surface area contributed by atoms with Gasteiger partial charge in [0.1, 0.15) is 0 Å². The SMILES string of the molecule is CCCCC[C@H]1[C@H](Cl)[C@H]2CCCC[C@@H]2O[C@@H]1CCCCC. The monoisotopic (exact) mass is 314 g/mol. The molecule has 0 amide bonds. The molecule has 1 saturated heterocycles. The van der Waals surface area contributed by atoms with E-state index in [-0.39, 0.29) is 0 Å². The molecule has 21 heavy (non-hydrogen) atoms. The van der Waals surface area contributed by atoms with Gasteiger partial charge in [-0.05, 0) is 25.7 Å². The van der Waals surface area contributed by atoms with Gasteiger partial charge in [0, 0.05) is 17.2 Å². The normalized spacial score (nSPS) is 36.4. The summed E-state index contributed by atoms with van der Waals surface area (Å²) in [6.07, 6.45) is 16.6. The second-order valence-electron chi connectivity index (χ2n) is 7.26. The lowest BCUT2D eigenvalue weighted by atomic mass is 9.73. The fourth-order valence-corrected chi connectivity index (χ4v) is 4.94. The quantitative estimate of drug-likeness (QED) is 0.376. The molecule has 0 radical (unpaired) electrons. The fraction of sp³-hybridized carbons (Fsp3) is 1.00. The predicted molar refractivity (Wildman–Crippen MR) is 92.0 cm³/mol. The minimum absolute atomic E-state index is 0.368. The summed E-state index contributed by atoms with van der Waals surface area (Å²) in [5.74, 6) is 1.24. The molecule has 0 bridgehead atoms. The maximum Gasteiger partial charge on any atom is 0.0621 e. The minimum atomic E-state index is 0.368. The molecule has 2 rings (SSSR count).